The molecule has 4 heterocycles. The minimum atomic E-state index is -0.994. The summed E-state index contributed by atoms with van der Waals surface area (Å²) in [5, 5.41) is 6.26. The molecule has 0 radical (unpaired) electrons. The first kappa shape index (κ1) is 21.7. The predicted octanol–water partition coefficient (Wildman–Crippen LogP) is 4.10. The third-order valence-electron chi connectivity index (χ3n) is 5.28. The number of rotatable bonds is 6. The number of fused-ring (bicyclic) bond motifs is 1. The molecule has 0 saturated heterocycles. The summed E-state index contributed by atoms with van der Waals surface area (Å²) in [7, 11) is 0. The van der Waals surface area contributed by atoms with Crippen molar-refractivity contribution in [3.05, 3.63) is 105 Å². The monoisotopic (exact) mass is 477 g/mol. The van der Waals surface area contributed by atoms with Gasteiger partial charge in [0.1, 0.15) is 16.2 Å². The molecule has 1 aromatic carbocycles. The summed E-state index contributed by atoms with van der Waals surface area (Å²) in [5.74, 6) is -2.50. The Balaban J connectivity index is 1.29. The Kier molecular flexibility index (Phi) is 5.72. The smallest absolute Gasteiger partial charge is 0.263 e. The highest BCUT2D eigenvalue weighted by atomic mass is 32.1. The molecule has 0 aliphatic carbocycles. The van der Waals surface area contributed by atoms with Crippen LogP contribution >= 0.6 is 11.3 Å². The molecular weight excluding hydrogens is 460 g/mol. The Morgan fingerprint density at radius 1 is 1.15 bits per heavy atom. The number of halogens is 2. The molecule has 0 bridgehead atoms. The highest BCUT2D eigenvalue weighted by Gasteiger charge is 2.15. The molecule has 0 fully saturated rings. The van der Waals surface area contributed by atoms with Crippen LogP contribution in [0.1, 0.15) is 20.9 Å². The van der Waals surface area contributed by atoms with Crippen molar-refractivity contribution < 1.29 is 13.6 Å². The third kappa shape index (κ3) is 4.23. The zero-order valence-corrected chi connectivity index (χ0v) is 18.4. The lowest BCUT2D eigenvalue weighted by Crippen LogP contribution is -2.32. The zero-order valence-electron chi connectivity index (χ0n) is 17.6. The van der Waals surface area contributed by atoms with Crippen molar-refractivity contribution in [2.24, 2.45) is 0 Å². The quantitative estimate of drug-likeness (QED) is 0.385. The van der Waals surface area contributed by atoms with Crippen LogP contribution in [0.4, 0.5) is 8.78 Å². The second-order valence-corrected chi connectivity index (χ2v) is 8.46. The largest absolute Gasteiger partial charge is 0.345 e. The number of amides is 1. The number of benzene rings is 1. The molecule has 34 heavy (non-hydrogen) atoms. The molecule has 0 atom stereocenters. The molecule has 0 unspecified atom stereocenters. The fourth-order valence-corrected chi connectivity index (χ4v) is 4.34. The van der Waals surface area contributed by atoms with E-state index in [1.165, 1.54) is 34.2 Å². The Labute approximate surface area is 195 Å². The number of nitrogens with zero attached hydrogens (tertiary/aromatic N) is 3. The number of pyridine rings is 2. The lowest BCUT2D eigenvalue weighted by Gasteiger charge is -2.09. The van der Waals surface area contributed by atoms with E-state index in [1.807, 2.05) is 23.7 Å². The number of carbonyl (C=O) groups is 1. The number of aromatic nitrogens is 4. The van der Waals surface area contributed by atoms with E-state index in [1.54, 1.807) is 12.3 Å². The van der Waals surface area contributed by atoms with Crippen molar-refractivity contribution in [3.63, 3.8) is 0 Å². The van der Waals surface area contributed by atoms with Crippen LogP contribution in [-0.2, 0) is 13.1 Å². The number of hydrogen-bond acceptors (Lipinski definition) is 5. The molecule has 0 spiro atoms. The van der Waals surface area contributed by atoms with Gasteiger partial charge in [0.2, 0.25) is 0 Å². The lowest BCUT2D eigenvalue weighted by molar-refractivity contribution is 0.0948. The van der Waals surface area contributed by atoms with Gasteiger partial charge in [0, 0.05) is 34.9 Å². The van der Waals surface area contributed by atoms with Crippen LogP contribution in [0.3, 0.4) is 0 Å². The van der Waals surface area contributed by atoms with Crippen LogP contribution in [0.15, 0.2) is 71.2 Å². The molecule has 10 heteroatoms. The van der Waals surface area contributed by atoms with Gasteiger partial charge in [-0.1, -0.05) is 6.07 Å². The van der Waals surface area contributed by atoms with E-state index in [-0.39, 0.29) is 18.7 Å². The van der Waals surface area contributed by atoms with E-state index in [4.69, 9.17) is 0 Å². The maximum atomic E-state index is 13.5. The van der Waals surface area contributed by atoms with Gasteiger partial charge in [0.25, 0.3) is 11.5 Å². The number of H-pyrrole nitrogens is 1. The summed E-state index contributed by atoms with van der Waals surface area (Å²) in [6, 6.07) is 10.2. The average Bonchev–Trinajstić information content (AvgIpc) is 3.48. The van der Waals surface area contributed by atoms with Crippen molar-refractivity contribution in [1.82, 2.24) is 24.8 Å². The van der Waals surface area contributed by atoms with E-state index in [0.29, 0.717) is 10.6 Å². The topological polar surface area (TPSA) is 92.7 Å². The number of carbonyl (C=O) groups excluding carboxylic acids is 1. The van der Waals surface area contributed by atoms with Crippen LogP contribution < -0.4 is 10.9 Å². The molecule has 7 nitrogen and oxygen atoms in total. The molecule has 5 aromatic rings. The Morgan fingerprint density at radius 2 is 2.03 bits per heavy atom. The van der Waals surface area contributed by atoms with Crippen LogP contribution in [0.25, 0.3) is 22.3 Å². The van der Waals surface area contributed by atoms with Gasteiger partial charge in [-0.05, 0) is 42.0 Å². The fourth-order valence-electron chi connectivity index (χ4n) is 3.60. The molecular formula is C24H17F2N5O2S. The average molecular weight is 477 g/mol. The fraction of sp³-hybridized carbons (Fsp3) is 0.0833. The van der Waals surface area contributed by atoms with Gasteiger partial charge in [0.15, 0.2) is 11.6 Å². The van der Waals surface area contributed by atoms with Crippen molar-refractivity contribution in [2.45, 2.75) is 13.1 Å². The van der Waals surface area contributed by atoms with Gasteiger partial charge >= 0.3 is 0 Å². The molecule has 170 valence electrons. The summed E-state index contributed by atoms with van der Waals surface area (Å²) < 4.78 is 27.9. The highest BCUT2D eigenvalue weighted by Crippen LogP contribution is 2.28. The zero-order chi connectivity index (χ0) is 23.7. The van der Waals surface area contributed by atoms with Crippen LogP contribution in [0, 0.1) is 11.6 Å². The van der Waals surface area contributed by atoms with E-state index < -0.39 is 23.1 Å². The minimum absolute atomic E-state index is 0.00642. The molecule has 5 rings (SSSR count). The first-order valence-corrected chi connectivity index (χ1v) is 11.2. The molecule has 1 amide bonds. The van der Waals surface area contributed by atoms with Crippen molar-refractivity contribution in [1.29, 1.82) is 0 Å². The van der Waals surface area contributed by atoms with Crippen LogP contribution in [0.2, 0.25) is 0 Å². The number of nitrogens with one attached hydrogen (secondary N) is 2. The second-order valence-electron chi connectivity index (χ2n) is 7.51. The third-order valence-corrected chi connectivity index (χ3v) is 6.13. The summed E-state index contributed by atoms with van der Waals surface area (Å²) in [5.41, 5.74) is 2.27. The molecule has 2 N–H and O–H groups in total. The van der Waals surface area contributed by atoms with E-state index in [9.17, 15) is 18.4 Å². The molecule has 4 aromatic heterocycles. The predicted molar refractivity (Wildman–Crippen MR) is 125 cm³/mol. The Hall–Kier alpha value is -4.18. The van der Waals surface area contributed by atoms with Crippen LogP contribution in [-0.4, -0.2) is 25.4 Å². The first-order chi connectivity index (χ1) is 16.5. The maximum Gasteiger partial charge on any atom is 0.263 e. The summed E-state index contributed by atoms with van der Waals surface area (Å²) in [6.45, 7) is 0.161. The first-order valence-electron chi connectivity index (χ1n) is 10.3. The summed E-state index contributed by atoms with van der Waals surface area (Å²) in [6.07, 6.45) is 5.04. The minimum Gasteiger partial charge on any atom is -0.345 e. The van der Waals surface area contributed by atoms with Crippen molar-refractivity contribution >= 4 is 28.3 Å². The van der Waals surface area contributed by atoms with Crippen LogP contribution in [0.5, 0.6) is 0 Å². The summed E-state index contributed by atoms with van der Waals surface area (Å²) in [4.78, 5) is 37.4. The normalized spacial score (nSPS) is 11.1. The van der Waals surface area contributed by atoms with Gasteiger partial charge in [-0.15, -0.1) is 11.3 Å². The lowest BCUT2D eigenvalue weighted by atomic mass is 10.2. The Morgan fingerprint density at radius 3 is 2.88 bits per heavy atom. The number of hydrogen-bond donors (Lipinski definition) is 2. The molecule has 0 aliphatic rings. The van der Waals surface area contributed by atoms with E-state index in [2.05, 4.69) is 20.3 Å². The summed E-state index contributed by atoms with van der Waals surface area (Å²) >= 11 is 1.40. The van der Waals surface area contributed by atoms with E-state index >= 15 is 0 Å². The van der Waals surface area contributed by atoms with E-state index in [0.717, 1.165) is 34.4 Å². The van der Waals surface area contributed by atoms with Gasteiger partial charge in [-0.3, -0.25) is 9.59 Å². The van der Waals surface area contributed by atoms with Crippen molar-refractivity contribution in [3.8, 4) is 11.3 Å². The molecule has 0 aliphatic heterocycles. The van der Waals surface area contributed by atoms with Crippen molar-refractivity contribution in [2.75, 3.05) is 0 Å². The standard InChI is InChI=1S/C24H17F2N5O2S/c25-18-6-5-14(9-19(18)26)12-31-8-2-4-16(24(31)33)23(32)29-11-21-30-20(13-34-21)17-10-28-22-15(17)3-1-7-27-22/h1-10,13H,11-12H2,(H,27,28)(H,29,32). The number of thiazole rings is 1. The van der Waals surface area contributed by atoms with Gasteiger partial charge in [0.05, 0.1) is 18.8 Å². The Bertz CT molecular complexity index is 1570. The second kappa shape index (κ2) is 8.99. The highest BCUT2D eigenvalue weighted by molar-refractivity contribution is 7.10. The van der Waals surface area contributed by atoms with Gasteiger partial charge < -0.3 is 14.9 Å². The van der Waals surface area contributed by atoms with Gasteiger partial charge in [-0.2, -0.15) is 0 Å². The number of aromatic amines is 1. The van der Waals surface area contributed by atoms with Gasteiger partial charge in [-0.25, -0.2) is 18.7 Å². The molecule has 0 saturated carbocycles. The maximum absolute atomic E-state index is 13.5. The SMILES string of the molecule is O=C(NCc1nc(-c2c[nH]c3ncccc23)cs1)c1cccn(Cc2ccc(F)c(F)c2)c1=O.